The van der Waals surface area contributed by atoms with Gasteiger partial charge in [0.2, 0.25) is 17.7 Å². The molecule has 1 aromatic rings. The maximum absolute atomic E-state index is 12.7. The fourth-order valence-electron chi connectivity index (χ4n) is 2.81. The van der Waals surface area contributed by atoms with Crippen LogP contribution in [-0.4, -0.2) is 75.9 Å². The summed E-state index contributed by atoms with van der Waals surface area (Å²) in [5.74, 6) is -3.55. The quantitative estimate of drug-likeness (QED) is 0.0796. The summed E-state index contributed by atoms with van der Waals surface area (Å²) >= 11 is 0. The van der Waals surface area contributed by atoms with Crippen molar-refractivity contribution in [3.8, 4) is 0 Å². The van der Waals surface area contributed by atoms with Crippen molar-refractivity contribution < 1.29 is 24.3 Å². The summed E-state index contributed by atoms with van der Waals surface area (Å²) in [4.78, 5) is 59.0. The Balaban J connectivity index is 2.68. The van der Waals surface area contributed by atoms with Crippen LogP contribution in [0.4, 0.5) is 0 Å². The van der Waals surface area contributed by atoms with Crippen LogP contribution in [0.2, 0.25) is 0 Å². The van der Waals surface area contributed by atoms with E-state index in [1.807, 2.05) is 0 Å². The average Bonchev–Trinajstić information content (AvgIpc) is 3.24. The number of nitrogens with zero attached hydrogens (tertiary/aromatic N) is 2. The van der Waals surface area contributed by atoms with E-state index in [2.05, 4.69) is 30.9 Å². The molecule has 3 unspecified atom stereocenters. The van der Waals surface area contributed by atoms with Crippen molar-refractivity contribution in [1.29, 1.82) is 0 Å². The molecule has 3 atom stereocenters. The Kier molecular flexibility index (Phi) is 11.3. The van der Waals surface area contributed by atoms with E-state index in [0.29, 0.717) is 12.1 Å². The van der Waals surface area contributed by atoms with Crippen LogP contribution in [0, 0.1) is 5.92 Å². The third-order valence-corrected chi connectivity index (χ3v) is 4.58. The minimum absolute atomic E-state index is 0.111. The summed E-state index contributed by atoms with van der Waals surface area (Å²) in [7, 11) is 0. The van der Waals surface area contributed by atoms with Crippen LogP contribution in [0.3, 0.4) is 0 Å². The zero-order valence-corrected chi connectivity index (χ0v) is 18.7. The second-order valence-corrected chi connectivity index (χ2v) is 7.74. The fraction of sp³-hybridized carbons (Fsp3) is 0.579. The number of imidazole rings is 1. The van der Waals surface area contributed by atoms with Crippen LogP contribution in [0.5, 0.6) is 0 Å². The Morgan fingerprint density at radius 2 is 1.88 bits per heavy atom. The molecule has 1 heterocycles. The number of aliphatic imine (C=N–C) groups is 1. The molecule has 0 fully saturated rings. The molecule has 33 heavy (non-hydrogen) atoms. The number of rotatable bonds is 14. The van der Waals surface area contributed by atoms with E-state index < -0.39 is 48.4 Å². The predicted octanol–water partition coefficient (Wildman–Crippen LogP) is -2.84. The fourth-order valence-corrected chi connectivity index (χ4v) is 2.81. The summed E-state index contributed by atoms with van der Waals surface area (Å²) in [6, 6.07) is -3.09. The van der Waals surface area contributed by atoms with Gasteiger partial charge in [0.15, 0.2) is 5.96 Å². The van der Waals surface area contributed by atoms with Gasteiger partial charge < -0.3 is 43.2 Å². The number of hydrogen-bond donors (Lipinski definition) is 8. The first-order valence-corrected chi connectivity index (χ1v) is 10.4. The Morgan fingerprint density at radius 3 is 2.42 bits per heavy atom. The van der Waals surface area contributed by atoms with Gasteiger partial charge in [-0.15, -0.1) is 0 Å². The second-order valence-electron chi connectivity index (χ2n) is 7.74. The Labute approximate surface area is 191 Å². The van der Waals surface area contributed by atoms with Crippen LogP contribution < -0.4 is 33.2 Å². The van der Waals surface area contributed by atoms with E-state index in [-0.39, 0.29) is 31.3 Å². The van der Waals surface area contributed by atoms with E-state index >= 15 is 0 Å². The van der Waals surface area contributed by atoms with Crippen LogP contribution in [0.25, 0.3) is 0 Å². The molecule has 0 saturated heterocycles. The monoisotopic (exact) mass is 467 g/mol. The van der Waals surface area contributed by atoms with Crippen LogP contribution in [0.1, 0.15) is 32.4 Å². The van der Waals surface area contributed by atoms with Crippen molar-refractivity contribution in [3.63, 3.8) is 0 Å². The molecule has 0 aliphatic rings. The smallest absolute Gasteiger partial charge is 0.326 e. The van der Waals surface area contributed by atoms with Crippen LogP contribution >= 0.6 is 0 Å². The van der Waals surface area contributed by atoms with E-state index in [4.69, 9.17) is 17.2 Å². The predicted molar refractivity (Wildman–Crippen MR) is 120 cm³/mol. The molecule has 0 aromatic carbocycles. The summed E-state index contributed by atoms with van der Waals surface area (Å²) in [5, 5.41) is 16.6. The van der Waals surface area contributed by atoms with E-state index in [9.17, 15) is 24.3 Å². The zero-order chi connectivity index (χ0) is 25.0. The maximum Gasteiger partial charge on any atom is 0.326 e. The van der Waals surface area contributed by atoms with Gasteiger partial charge in [-0.3, -0.25) is 19.4 Å². The number of H-pyrrole nitrogens is 1. The lowest BCUT2D eigenvalue weighted by molar-refractivity contribution is -0.143. The topological polar surface area (TPSA) is 244 Å². The number of amides is 3. The first kappa shape index (κ1) is 27.4. The normalized spacial score (nSPS) is 13.5. The first-order valence-electron chi connectivity index (χ1n) is 10.4. The molecule has 1 rings (SSSR count). The number of aromatic amines is 1. The van der Waals surface area contributed by atoms with Gasteiger partial charge in [-0.05, 0) is 18.8 Å². The standard InChI is InChI=1S/C19H33N9O5/c1-10(2)15(18(32)33)28-17(31)13(4-3-5-24-19(21)22)27-14(29)8-25-16(30)12(20)6-11-7-23-9-26-11/h7,9-10,12-13,15H,3-6,8,20H2,1-2H3,(H,23,26)(H,25,30)(H,27,29)(H,28,31)(H,32,33)(H4,21,22,24). The minimum atomic E-state index is -1.19. The van der Waals surface area contributed by atoms with Crippen molar-refractivity contribution >= 4 is 29.7 Å². The van der Waals surface area contributed by atoms with Gasteiger partial charge in [0, 0.05) is 24.9 Å². The number of hydrogen-bond acceptors (Lipinski definition) is 7. The van der Waals surface area contributed by atoms with Gasteiger partial charge >= 0.3 is 5.97 Å². The van der Waals surface area contributed by atoms with Gasteiger partial charge in [-0.1, -0.05) is 13.8 Å². The number of guanidine groups is 1. The summed E-state index contributed by atoms with van der Waals surface area (Å²) in [5.41, 5.74) is 17.0. The average molecular weight is 468 g/mol. The van der Waals surface area contributed by atoms with Crippen LogP contribution in [-0.2, 0) is 25.6 Å². The lowest BCUT2D eigenvalue weighted by atomic mass is 10.0. The van der Waals surface area contributed by atoms with Crippen molar-refractivity contribution in [2.45, 2.75) is 51.2 Å². The SMILES string of the molecule is CC(C)C(NC(=O)C(CCCN=C(N)N)NC(=O)CNC(=O)C(N)Cc1cnc[nH]1)C(=O)O. The number of nitrogens with one attached hydrogen (secondary N) is 4. The Hall–Kier alpha value is -3.68. The maximum atomic E-state index is 12.7. The number of nitrogens with two attached hydrogens (primary N) is 3. The molecule has 0 bridgehead atoms. The molecule has 11 N–H and O–H groups in total. The summed E-state index contributed by atoms with van der Waals surface area (Å²) in [6.07, 6.45) is 3.69. The van der Waals surface area contributed by atoms with E-state index in [1.165, 1.54) is 12.5 Å². The van der Waals surface area contributed by atoms with Gasteiger partial charge in [0.25, 0.3) is 0 Å². The molecule has 1 aromatic heterocycles. The molecule has 0 saturated carbocycles. The molecule has 14 heteroatoms. The van der Waals surface area contributed by atoms with Gasteiger partial charge in [0.05, 0.1) is 18.9 Å². The molecule has 0 spiro atoms. The number of carbonyl (C=O) groups excluding carboxylic acids is 3. The minimum Gasteiger partial charge on any atom is -0.480 e. The van der Waals surface area contributed by atoms with Gasteiger partial charge in [-0.25, -0.2) is 9.78 Å². The third kappa shape index (κ3) is 10.5. The molecular weight excluding hydrogens is 434 g/mol. The van der Waals surface area contributed by atoms with E-state index in [0.717, 1.165) is 0 Å². The second kappa shape index (κ2) is 13.7. The highest BCUT2D eigenvalue weighted by Crippen LogP contribution is 2.05. The third-order valence-electron chi connectivity index (χ3n) is 4.58. The lowest BCUT2D eigenvalue weighted by Crippen LogP contribution is -2.54. The van der Waals surface area contributed by atoms with Crippen molar-refractivity contribution in [2.75, 3.05) is 13.1 Å². The molecular formula is C19H33N9O5. The van der Waals surface area contributed by atoms with Crippen molar-refractivity contribution in [3.05, 3.63) is 18.2 Å². The molecule has 3 amide bonds. The molecule has 0 aliphatic heterocycles. The zero-order valence-electron chi connectivity index (χ0n) is 18.7. The summed E-state index contributed by atoms with van der Waals surface area (Å²) in [6.45, 7) is 3.09. The molecule has 0 radical (unpaired) electrons. The van der Waals surface area contributed by atoms with Crippen LogP contribution in [0.15, 0.2) is 17.5 Å². The molecule has 184 valence electrons. The highest BCUT2D eigenvalue weighted by atomic mass is 16.4. The number of aliphatic carboxylic acids is 1. The van der Waals surface area contributed by atoms with E-state index in [1.54, 1.807) is 13.8 Å². The number of carboxylic acids is 1. The molecule has 0 aliphatic carbocycles. The van der Waals surface area contributed by atoms with Gasteiger partial charge in [-0.2, -0.15) is 0 Å². The number of aromatic nitrogens is 2. The summed E-state index contributed by atoms with van der Waals surface area (Å²) < 4.78 is 0. The van der Waals surface area contributed by atoms with Gasteiger partial charge in [0.1, 0.15) is 12.1 Å². The Bertz CT molecular complexity index is 822. The van der Waals surface area contributed by atoms with Crippen molar-refractivity contribution in [1.82, 2.24) is 25.9 Å². The molecule has 14 nitrogen and oxygen atoms in total. The lowest BCUT2D eigenvalue weighted by Gasteiger charge is -2.23. The highest BCUT2D eigenvalue weighted by molar-refractivity contribution is 5.92. The Morgan fingerprint density at radius 1 is 1.18 bits per heavy atom. The number of carboxylic acid groups (broad SMARTS) is 1. The number of carbonyl (C=O) groups is 4. The highest BCUT2D eigenvalue weighted by Gasteiger charge is 2.28. The van der Waals surface area contributed by atoms with Crippen molar-refractivity contribution in [2.24, 2.45) is 28.1 Å². The largest absolute Gasteiger partial charge is 0.480 e. The first-order chi connectivity index (χ1) is 15.5.